The maximum atomic E-state index is 12.1. The molecule has 1 atom stereocenters. The fraction of sp³-hybridized carbons (Fsp3) is 0.529. The molecule has 0 spiro atoms. The summed E-state index contributed by atoms with van der Waals surface area (Å²) in [6.45, 7) is 6.39. The van der Waals surface area contributed by atoms with Gasteiger partial charge in [0.15, 0.2) is 0 Å². The van der Waals surface area contributed by atoms with Gasteiger partial charge in [-0.3, -0.25) is 9.69 Å². The minimum absolute atomic E-state index is 0.0804. The number of carbonyl (C=O) groups excluding carboxylic acids is 1. The van der Waals surface area contributed by atoms with Gasteiger partial charge in [-0.2, -0.15) is 0 Å². The smallest absolute Gasteiger partial charge is 0.230 e. The molecule has 2 heterocycles. The summed E-state index contributed by atoms with van der Waals surface area (Å²) in [5.41, 5.74) is 2.01. The molecule has 0 saturated carbocycles. The average Bonchev–Trinajstić information content (AvgIpc) is 2.98. The summed E-state index contributed by atoms with van der Waals surface area (Å²) in [6.07, 6.45) is 0. The summed E-state index contributed by atoms with van der Waals surface area (Å²) in [7, 11) is 0. The molecule has 1 aliphatic rings. The van der Waals surface area contributed by atoms with E-state index in [9.17, 15) is 4.79 Å². The molecular formula is C17H24N4O2S. The van der Waals surface area contributed by atoms with Crippen LogP contribution < -0.4 is 5.32 Å². The Morgan fingerprint density at radius 3 is 3.00 bits per heavy atom. The number of H-pyrrole nitrogens is 1. The number of aromatic amines is 1. The molecule has 0 radical (unpaired) electrons. The number of morpholine rings is 1. The molecule has 24 heavy (non-hydrogen) atoms. The number of para-hydroxylation sites is 2. The van der Waals surface area contributed by atoms with Crippen LogP contribution in [0.25, 0.3) is 11.0 Å². The molecule has 2 N–H and O–H groups in total. The number of fused-ring (bicyclic) bond motifs is 1. The topological polar surface area (TPSA) is 70.2 Å². The molecule has 1 saturated heterocycles. The lowest BCUT2D eigenvalue weighted by molar-refractivity contribution is -0.119. The number of carbonyl (C=O) groups is 1. The van der Waals surface area contributed by atoms with Crippen molar-refractivity contribution in [1.29, 1.82) is 0 Å². The zero-order valence-corrected chi connectivity index (χ0v) is 14.8. The Labute approximate surface area is 146 Å². The number of ether oxygens (including phenoxy) is 1. The Kier molecular flexibility index (Phi) is 6.12. The van der Waals surface area contributed by atoms with Gasteiger partial charge < -0.3 is 15.0 Å². The summed E-state index contributed by atoms with van der Waals surface area (Å²) >= 11 is 1.58. The molecule has 0 bridgehead atoms. The first-order valence-corrected chi connectivity index (χ1v) is 9.47. The molecule has 1 aromatic carbocycles. The van der Waals surface area contributed by atoms with Crippen LogP contribution in [0.15, 0.2) is 24.3 Å². The van der Waals surface area contributed by atoms with Gasteiger partial charge in [0.1, 0.15) is 5.82 Å². The van der Waals surface area contributed by atoms with E-state index in [0.717, 1.165) is 49.7 Å². The van der Waals surface area contributed by atoms with E-state index in [1.54, 1.807) is 11.8 Å². The quantitative estimate of drug-likeness (QED) is 0.796. The summed E-state index contributed by atoms with van der Waals surface area (Å²) in [4.78, 5) is 22.2. The molecule has 0 aliphatic carbocycles. The molecule has 1 fully saturated rings. The van der Waals surface area contributed by atoms with Crippen molar-refractivity contribution in [2.75, 3.05) is 38.6 Å². The number of nitrogens with one attached hydrogen (secondary N) is 2. The van der Waals surface area contributed by atoms with Gasteiger partial charge >= 0.3 is 0 Å². The van der Waals surface area contributed by atoms with Gasteiger partial charge in [-0.25, -0.2) is 4.98 Å². The van der Waals surface area contributed by atoms with Crippen LogP contribution in [0, 0.1) is 0 Å². The van der Waals surface area contributed by atoms with Gasteiger partial charge in [-0.1, -0.05) is 12.1 Å². The van der Waals surface area contributed by atoms with Crippen molar-refractivity contribution in [1.82, 2.24) is 20.2 Å². The lowest BCUT2D eigenvalue weighted by Gasteiger charge is -2.29. The van der Waals surface area contributed by atoms with Crippen molar-refractivity contribution in [3.05, 3.63) is 30.1 Å². The summed E-state index contributed by atoms with van der Waals surface area (Å²) in [5, 5.41) is 3.07. The molecule has 6 nitrogen and oxygen atoms in total. The summed E-state index contributed by atoms with van der Waals surface area (Å²) < 4.78 is 5.34. The van der Waals surface area contributed by atoms with Gasteiger partial charge in [-0.05, 0) is 19.1 Å². The highest BCUT2D eigenvalue weighted by Crippen LogP contribution is 2.14. The molecule has 1 aromatic heterocycles. The van der Waals surface area contributed by atoms with Crippen LogP contribution in [0.2, 0.25) is 0 Å². The van der Waals surface area contributed by atoms with Crippen LogP contribution in [-0.2, 0) is 15.3 Å². The van der Waals surface area contributed by atoms with E-state index in [2.05, 4.69) is 27.1 Å². The highest BCUT2D eigenvalue weighted by atomic mass is 32.2. The first-order valence-electron chi connectivity index (χ1n) is 8.31. The molecule has 1 aliphatic heterocycles. The van der Waals surface area contributed by atoms with Crippen molar-refractivity contribution in [2.24, 2.45) is 0 Å². The van der Waals surface area contributed by atoms with Crippen molar-refractivity contribution in [3.8, 4) is 0 Å². The van der Waals surface area contributed by atoms with Crippen molar-refractivity contribution in [2.45, 2.75) is 18.7 Å². The Morgan fingerprint density at radius 1 is 1.42 bits per heavy atom. The number of imidazole rings is 1. The predicted molar refractivity (Wildman–Crippen MR) is 97.1 cm³/mol. The van der Waals surface area contributed by atoms with E-state index in [1.807, 2.05) is 24.3 Å². The third-order valence-corrected chi connectivity index (χ3v) is 4.90. The number of benzene rings is 1. The fourth-order valence-corrected chi connectivity index (χ4v) is 3.55. The third kappa shape index (κ3) is 4.96. The minimum atomic E-state index is 0.0804. The van der Waals surface area contributed by atoms with Crippen LogP contribution >= 0.6 is 11.8 Å². The largest absolute Gasteiger partial charge is 0.379 e. The van der Waals surface area contributed by atoms with Crippen molar-refractivity contribution in [3.63, 3.8) is 0 Å². The van der Waals surface area contributed by atoms with E-state index in [0.29, 0.717) is 11.5 Å². The normalized spacial score (nSPS) is 17.0. The van der Waals surface area contributed by atoms with E-state index < -0.39 is 0 Å². The zero-order valence-electron chi connectivity index (χ0n) is 14.0. The monoisotopic (exact) mass is 348 g/mol. The number of amides is 1. The molecule has 2 aromatic rings. The Morgan fingerprint density at radius 2 is 2.21 bits per heavy atom. The van der Waals surface area contributed by atoms with Crippen LogP contribution in [-0.4, -0.2) is 65.4 Å². The van der Waals surface area contributed by atoms with Gasteiger partial charge in [0.2, 0.25) is 5.91 Å². The van der Waals surface area contributed by atoms with E-state index in [1.165, 1.54) is 0 Å². The second-order valence-electron chi connectivity index (χ2n) is 6.07. The SMILES string of the molecule is C[C@H](CN1CCOCC1)NC(=O)CSCc1nc2ccccc2[nH]1. The molecule has 3 rings (SSSR count). The Bertz CT molecular complexity index is 636. The standard InChI is InChI=1S/C17H24N4O2S/c1-13(10-21-6-8-23-9-7-21)18-17(22)12-24-11-16-19-14-4-2-3-5-15(14)20-16/h2-5,13H,6-12H2,1H3,(H,18,22)(H,19,20)/t13-/m1/s1. The first kappa shape index (κ1) is 17.3. The minimum Gasteiger partial charge on any atom is -0.379 e. The number of hydrogen-bond donors (Lipinski definition) is 2. The van der Waals surface area contributed by atoms with Crippen molar-refractivity contribution >= 4 is 28.7 Å². The molecular weight excluding hydrogens is 324 g/mol. The number of hydrogen-bond acceptors (Lipinski definition) is 5. The lowest BCUT2D eigenvalue weighted by atomic mass is 10.3. The lowest BCUT2D eigenvalue weighted by Crippen LogP contribution is -2.46. The Hall–Kier alpha value is -1.57. The van der Waals surface area contributed by atoms with Crippen LogP contribution in [0.4, 0.5) is 0 Å². The summed E-state index contributed by atoms with van der Waals surface area (Å²) in [6, 6.07) is 8.11. The second-order valence-corrected chi connectivity index (χ2v) is 7.06. The fourth-order valence-electron chi connectivity index (χ4n) is 2.85. The van der Waals surface area contributed by atoms with Gasteiger partial charge in [-0.15, -0.1) is 11.8 Å². The highest BCUT2D eigenvalue weighted by molar-refractivity contribution is 7.99. The molecule has 7 heteroatoms. The van der Waals surface area contributed by atoms with Gasteiger partial charge in [0.05, 0.1) is 35.8 Å². The van der Waals surface area contributed by atoms with E-state index in [-0.39, 0.29) is 11.9 Å². The van der Waals surface area contributed by atoms with Gasteiger partial charge in [0, 0.05) is 25.7 Å². The van der Waals surface area contributed by atoms with E-state index in [4.69, 9.17) is 4.74 Å². The van der Waals surface area contributed by atoms with E-state index >= 15 is 0 Å². The Balaban J connectivity index is 1.37. The second kappa shape index (κ2) is 8.50. The number of thioether (sulfide) groups is 1. The average molecular weight is 348 g/mol. The first-order chi connectivity index (χ1) is 11.7. The maximum absolute atomic E-state index is 12.1. The summed E-state index contributed by atoms with van der Waals surface area (Å²) in [5.74, 6) is 2.15. The van der Waals surface area contributed by atoms with Crippen LogP contribution in [0.3, 0.4) is 0 Å². The molecule has 1 amide bonds. The molecule has 130 valence electrons. The van der Waals surface area contributed by atoms with Crippen LogP contribution in [0.5, 0.6) is 0 Å². The third-order valence-electron chi connectivity index (χ3n) is 3.95. The molecule has 0 unspecified atom stereocenters. The maximum Gasteiger partial charge on any atom is 0.230 e. The van der Waals surface area contributed by atoms with Gasteiger partial charge in [0.25, 0.3) is 0 Å². The number of rotatable bonds is 7. The van der Waals surface area contributed by atoms with Crippen LogP contribution in [0.1, 0.15) is 12.7 Å². The van der Waals surface area contributed by atoms with Crippen molar-refractivity contribution < 1.29 is 9.53 Å². The zero-order chi connectivity index (χ0) is 16.8. The highest BCUT2D eigenvalue weighted by Gasteiger charge is 2.15. The predicted octanol–water partition coefficient (Wildman–Crippen LogP) is 1.63. The number of nitrogens with zero attached hydrogens (tertiary/aromatic N) is 2. The number of aromatic nitrogens is 2.